The zero-order valence-corrected chi connectivity index (χ0v) is 11.9. The van der Waals surface area contributed by atoms with Crippen molar-refractivity contribution in [2.45, 2.75) is 38.5 Å². The first-order valence-corrected chi connectivity index (χ1v) is 7.03. The van der Waals surface area contributed by atoms with Crippen molar-refractivity contribution in [3.05, 3.63) is 29.8 Å². The summed E-state index contributed by atoms with van der Waals surface area (Å²) in [5.74, 6) is 0.0851. The standard InChI is InChI=1S/C16H15F3N2O/c17-16(18,19)22-14-6-4-13(5-7-14)9-15(10-20,11-21)8-12-2-1-3-12/h4-7,12H,1-3,8-9H2. The van der Waals surface area contributed by atoms with Crippen molar-refractivity contribution in [1.82, 2.24) is 0 Å². The summed E-state index contributed by atoms with van der Waals surface area (Å²) in [6, 6.07) is 9.51. The van der Waals surface area contributed by atoms with Gasteiger partial charge in [-0.2, -0.15) is 10.5 Å². The molecule has 0 unspecified atom stereocenters. The number of hydrogen-bond donors (Lipinski definition) is 0. The molecule has 6 heteroatoms. The first-order chi connectivity index (χ1) is 10.4. The van der Waals surface area contributed by atoms with Crippen LogP contribution in [0.15, 0.2) is 24.3 Å². The van der Waals surface area contributed by atoms with Crippen molar-refractivity contribution in [2.24, 2.45) is 11.3 Å². The number of nitrogens with zero attached hydrogens (tertiary/aromatic N) is 2. The van der Waals surface area contributed by atoms with Crippen LogP contribution < -0.4 is 4.74 Å². The van der Waals surface area contributed by atoms with E-state index in [4.69, 9.17) is 0 Å². The second-order valence-electron chi connectivity index (χ2n) is 5.68. The van der Waals surface area contributed by atoms with Gasteiger partial charge in [0.05, 0.1) is 12.1 Å². The maximum atomic E-state index is 12.1. The molecule has 0 heterocycles. The molecular weight excluding hydrogens is 293 g/mol. The molecular formula is C16H15F3N2O. The molecule has 3 nitrogen and oxygen atoms in total. The van der Waals surface area contributed by atoms with E-state index in [0.717, 1.165) is 19.3 Å². The van der Waals surface area contributed by atoms with Gasteiger partial charge in [0.1, 0.15) is 11.2 Å². The van der Waals surface area contributed by atoms with Crippen LogP contribution in [-0.2, 0) is 6.42 Å². The average Bonchev–Trinajstić information content (AvgIpc) is 2.42. The van der Waals surface area contributed by atoms with Gasteiger partial charge in [0.15, 0.2) is 0 Å². The Labute approximate surface area is 126 Å². The number of rotatable bonds is 5. The number of hydrogen-bond acceptors (Lipinski definition) is 3. The highest BCUT2D eigenvalue weighted by Crippen LogP contribution is 2.39. The van der Waals surface area contributed by atoms with E-state index in [2.05, 4.69) is 16.9 Å². The second kappa shape index (κ2) is 6.27. The van der Waals surface area contributed by atoms with Crippen LogP contribution in [0.1, 0.15) is 31.2 Å². The zero-order valence-electron chi connectivity index (χ0n) is 11.9. The van der Waals surface area contributed by atoms with E-state index in [-0.39, 0.29) is 12.2 Å². The fourth-order valence-electron chi connectivity index (χ4n) is 2.61. The van der Waals surface area contributed by atoms with Crippen LogP contribution in [0.5, 0.6) is 5.75 Å². The molecule has 22 heavy (non-hydrogen) atoms. The van der Waals surface area contributed by atoms with Crippen LogP contribution in [0, 0.1) is 34.0 Å². The molecule has 1 saturated carbocycles. The van der Waals surface area contributed by atoms with Gasteiger partial charge in [-0.15, -0.1) is 13.2 Å². The lowest BCUT2D eigenvalue weighted by Gasteiger charge is -2.31. The van der Waals surface area contributed by atoms with Crippen molar-refractivity contribution in [3.8, 4) is 17.9 Å². The summed E-state index contributed by atoms with van der Waals surface area (Å²) in [4.78, 5) is 0. The smallest absolute Gasteiger partial charge is 0.406 e. The lowest BCUT2D eigenvalue weighted by molar-refractivity contribution is -0.274. The molecule has 0 amide bonds. The summed E-state index contributed by atoms with van der Waals surface area (Å²) in [7, 11) is 0. The summed E-state index contributed by atoms with van der Waals surface area (Å²) in [6.07, 6.45) is -0.813. The molecule has 2 rings (SSSR count). The topological polar surface area (TPSA) is 56.8 Å². The quantitative estimate of drug-likeness (QED) is 0.812. The highest BCUT2D eigenvalue weighted by atomic mass is 19.4. The van der Waals surface area contributed by atoms with Crippen LogP contribution in [0.3, 0.4) is 0 Å². The number of halogens is 3. The fourth-order valence-corrected chi connectivity index (χ4v) is 2.61. The predicted molar refractivity (Wildman–Crippen MR) is 72.4 cm³/mol. The molecule has 1 aromatic rings. The van der Waals surface area contributed by atoms with E-state index < -0.39 is 11.8 Å². The Morgan fingerprint density at radius 2 is 1.68 bits per heavy atom. The molecule has 0 radical (unpaired) electrons. The lowest BCUT2D eigenvalue weighted by atomic mass is 9.70. The average molecular weight is 308 g/mol. The largest absolute Gasteiger partial charge is 0.573 e. The van der Waals surface area contributed by atoms with Gasteiger partial charge < -0.3 is 4.74 Å². The molecule has 0 N–H and O–H groups in total. The van der Waals surface area contributed by atoms with Crippen LogP contribution in [-0.4, -0.2) is 6.36 Å². The summed E-state index contributed by atoms with van der Waals surface area (Å²) < 4.78 is 40.1. The monoisotopic (exact) mass is 308 g/mol. The minimum Gasteiger partial charge on any atom is -0.406 e. The third kappa shape index (κ3) is 4.14. The van der Waals surface area contributed by atoms with E-state index in [1.54, 1.807) is 0 Å². The van der Waals surface area contributed by atoms with Crippen LogP contribution in [0.4, 0.5) is 13.2 Å². The molecule has 1 fully saturated rings. The van der Waals surface area contributed by atoms with E-state index in [1.165, 1.54) is 24.3 Å². The molecule has 1 aliphatic rings. The van der Waals surface area contributed by atoms with E-state index in [9.17, 15) is 23.7 Å². The van der Waals surface area contributed by atoms with Gasteiger partial charge in [-0.05, 0) is 30.0 Å². The maximum Gasteiger partial charge on any atom is 0.573 e. The Kier molecular flexibility index (Phi) is 4.61. The second-order valence-corrected chi connectivity index (χ2v) is 5.68. The van der Waals surface area contributed by atoms with Gasteiger partial charge in [0.25, 0.3) is 0 Å². The summed E-state index contributed by atoms with van der Waals surface area (Å²) in [5, 5.41) is 18.7. The number of ether oxygens (including phenoxy) is 1. The van der Waals surface area contributed by atoms with Gasteiger partial charge in [-0.3, -0.25) is 0 Å². The first kappa shape index (κ1) is 16.2. The highest BCUT2D eigenvalue weighted by molar-refractivity contribution is 5.31. The van der Waals surface area contributed by atoms with E-state index in [0.29, 0.717) is 17.9 Å². The van der Waals surface area contributed by atoms with E-state index >= 15 is 0 Å². The SMILES string of the molecule is N#CC(C#N)(Cc1ccc(OC(F)(F)F)cc1)CC1CCC1. The Morgan fingerprint density at radius 1 is 1.09 bits per heavy atom. The van der Waals surface area contributed by atoms with Crippen LogP contribution in [0.25, 0.3) is 0 Å². The normalized spacial score (nSPS) is 15.5. The third-order valence-electron chi connectivity index (χ3n) is 3.95. The van der Waals surface area contributed by atoms with Crippen molar-refractivity contribution < 1.29 is 17.9 Å². The molecule has 116 valence electrons. The Morgan fingerprint density at radius 3 is 2.09 bits per heavy atom. The van der Waals surface area contributed by atoms with Gasteiger partial charge in [-0.1, -0.05) is 31.4 Å². The molecule has 0 bridgehead atoms. The molecule has 0 spiro atoms. The van der Waals surface area contributed by atoms with Gasteiger partial charge >= 0.3 is 6.36 Å². The number of benzene rings is 1. The molecule has 1 aromatic carbocycles. The molecule has 0 saturated heterocycles. The molecule has 0 aromatic heterocycles. The molecule has 0 atom stereocenters. The number of nitriles is 2. The van der Waals surface area contributed by atoms with Crippen molar-refractivity contribution in [3.63, 3.8) is 0 Å². The highest BCUT2D eigenvalue weighted by Gasteiger charge is 2.36. The predicted octanol–water partition coefficient (Wildman–Crippen LogP) is 4.35. The van der Waals surface area contributed by atoms with E-state index in [1.807, 2.05) is 0 Å². The summed E-state index contributed by atoms with van der Waals surface area (Å²) >= 11 is 0. The third-order valence-corrected chi connectivity index (χ3v) is 3.95. The van der Waals surface area contributed by atoms with Gasteiger partial charge in [0.2, 0.25) is 0 Å². The minimum absolute atomic E-state index is 0.211. The Bertz CT molecular complexity index is 578. The summed E-state index contributed by atoms with van der Waals surface area (Å²) in [6.45, 7) is 0. The Balaban J connectivity index is 2.07. The van der Waals surface area contributed by atoms with Gasteiger partial charge in [0, 0.05) is 6.42 Å². The van der Waals surface area contributed by atoms with Gasteiger partial charge in [-0.25, -0.2) is 0 Å². The number of alkyl halides is 3. The molecule has 1 aliphatic carbocycles. The molecule has 0 aliphatic heterocycles. The van der Waals surface area contributed by atoms with Crippen molar-refractivity contribution >= 4 is 0 Å². The van der Waals surface area contributed by atoms with Crippen LogP contribution in [0.2, 0.25) is 0 Å². The Hall–Kier alpha value is -2.21. The lowest BCUT2D eigenvalue weighted by Crippen LogP contribution is -2.26. The maximum absolute atomic E-state index is 12.1. The fraction of sp³-hybridized carbons (Fsp3) is 0.500. The zero-order chi connectivity index (χ0) is 16.2. The first-order valence-electron chi connectivity index (χ1n) is 7.03. The van der Waals surface area contributed by atoms with Crippen LogP contribution >= 0.6 is 0 Å². The van der Waals surface area contributed by atoms with Crippen molar-refractivity contribution in [2.75, 3.05) is 0 Å². The summed E-state index contributed by atoms with van der Waals surface area (Å²) in [5.41, 5.74) is -0.464. The van der Waals surface area contributed by atoms with Crippen molar-refractivity contribution in [1.29, 1.82) is 10.5 Å². The minimum atomic E-state index is -4.73.